The molecule has 0 heteroatoms. The van der Waals surface area contributed by atoms with Crippen molar-refractivity contribution >= 4 is 5.57 Å². The maximum atomic E-state index is 2.26. The van der Waals surface area contributed by atoms with Crippen molar-refractivity contribution in [3.8, 4) is 0 Å². The van der Waals surface area contributed by atoms with Crippen LogP contribution < -0.4 is 0 Å². The van der Waals surface area contributed by atoms with Crippen LogP contribution in [0.15, 0.2) is 72.4 Å². The fraction of sp³-hybridized carbons (Fsp3) is 0.0667. The Morgan fingerprint density at radius 1 is 0.867 bits per heavy atom. The molecule has 0 heterocycles. The van der Waals surface area contributed by atoms with Gasteiger partial charge in [0.15, 0.2) is 0 Å². The third-order valence-electron chi connectivity index (χ3n) is 2.96. The van der Waals surface area contributed by atoms with E-state index >= 15 is 0 Å². The number of rotatable bonds is 1. The molecular formula is C15H12. The van der Waals surface area contributed by atoms with E-state index in [2.05, 4.69) is 66.8 Å². The summed E-state index contributed by atoms with van der Waals surface area (Å²) < 4.78 is 0. The zero-order chi connectivity index (χ0) is 10.1. The Hall–Kier alpha value is -1.82. The van der Waals surface area contributed by atoms with Gasteiger partial charge >= 0.3 is 0 Å². The highest BCUT2D eigenvalue weighted by Crippen LogP contribution is 2.37. The molecule has 0 nitrogen and oxygen atoms in total. The summed E-state index contributed by atoms with van der Waals surface area (Å²) in [6.07, 6.45) is 13.1. The first-order valence-corrected chi connectivity index (χ1v) is 5.27. The topological polar surface area (TPSA) is 0 Å². The van der Waals surface area contributed by atoms with E-state index in [9.17, 15) is 0 Å². The second-order valence-corrected chi connectivity index (χ2v) is 3.88. The van der Waals surface area contributed by atoms with Gasteiger partial charge < -0.3 is 0 Å². The molecule has 0 amide bonds. The van der Waals surface area contributed by atoms with Crippen LogP contribution in [0.25, 0.3) is 5.57 Å². The smallest absolute Gasteiger partial charge is 0.0278 e. The number of fused-ring (bicyclic) bond motifs is 1. The predicted molar refractivity (Wildman–Crippen MR) is 64.3 cm³/mol. The monoisotopic (exact) mass is 192 g/mol. The van der Waals surface area contributed by atoms with Gasteiger partial charge in [-0.2, -0.15) is 0 Å². The van der Waals surface area contributed by atoms with Crippen molar-refractivity contribution < 1.29 is 0 Å². The second kappa shape index (κ2) is 3.39. The van der Waals surface area contributed by atoms with Crippen LogP contribution in [-0.2, 0) is 0 Å². The Kier molecular flexibility index (Phi) is 1.92. The third kappa shape index (κ3) is 1.39. The van der Waals surface area contributed by atoms with E-state index in [4.69, 9.17) is 0 Å². The van der Waals surface area contributed by atoms with Gasteiger partial charge in [0.2, 0.25) is 0 Å². The number of hydrogen-bond acceptors (Lipinski definition) is 0. The summed E-state index contributed by atoms with van der Waals surface area (Å²) in [4.78, 5) is 0. The molecule has 72 valence electrons. The normalized spacial score (nSPS) is 22.3. The Labute approximate surface area is 89.9 Å². The highest BCUT2D eigenvalue weighted by Gasteiger charge is 2.20. The first-order valence-electron chi connectivity index (χ1n) is 5.27. The number of hydrogen-bond donors (Lipinski definition) is 0. The Balaban J connectivity index is 1.99. The Morgan fingerprint density at radius 3 is 2.60 bits per heavy atom. The molecule has 2 aliphatic rings. The lowest BCUT2D eigenvalue weighted by Gasteiger charge is -2.15. The van der Waals surface area contributed by atoms with E-state index in [1.165, 1.54) is 16.7 Å². The third-order valence-corrected chi connectivity index (χ3v) is 2.96. The summed E-state index contributed by atoms with van der Waals surface area (Å²) in [5.74, 6) is 0.470. The number of benzene rings is 1. The highest BCUT2D eigenvalue weighted by molar-refractivity contribution is 5.78. The van der Waals surface area contributed by atoms with Crippen molar-refractivity contribution in [1.82, 2.24) is 0 Å². The molecule has 1 aromatic carbocycles. The second-order valence-electron chi connectivity index (χ2n) is 3.88. The van der Waals surface area contributed by atoms with Gasteiger partial charge in [-0.05, 0) is 16.7 Å². The molecule has 1 unspecified atom stereocenters. The maximum Gasteiger partial charge on any atom is 0.0278 e. The molecule has 2 aliphatic carbocycles. The molecule has 3 rings (SSSR count). The largest absolute Gasteiger partial charge is 0.0726 e. The first kappa shape index (κ1) is 8.49. The van der Waals surface area contributed by atoms with Crippen LogP contribution in [0.1, 0.15) is 5.56 Å². The molecular weight excluding hydrogens is 180 g/mol. The molecule has 0 saturated carbocycles. The summed E-state index contributed by atoms with van der Waals surface area (Å²) in [5, 5.41) is 0. The van der Waals surface area contributed by atoms with Crippen LogP contribution >= 0.6 is 0 Å². The molecule has 15 heavy (non-hydrogen) atoms. The molecule has 1 aromatic rings. The van der Waals surface area contributed by atoms with Gasteiger partial charge in [0, 0.05) is 5.92 Å². The van der Waals surface area contributed by atoms with E-state index in [-0.39, 0.29) is 0 Å². The van der Waals surface area contributed by atoms with E-state index in [0.29, 0.717) is 5.92 Å². The fourth-order valence-electron chi connectivity index (χ4n) is 2.20. The van der Waals surface area contributed by atoms with Crippen molar-refractivity contribution in [3.05, 3.63) is 77.9 Å². The average Bonchev–Trinajstić information content (AvgIpc) is 2.74. The Bertz CT molecular complexity index is 484. The summed E-state index contributed by atoms with van der Waals surface area (Å²) in [5.41, 5.74) is 4.14. The van der Waals surface area contributed by atoms with Gasteiger partial charge in [0.25, 0.3) is 0 Å². The molecule has 0 N–H and O–H groups in total. The van der Waals surface area contributed by atoms with Crippen LogP contribution in [0.5, 0.6) is 0 Å². The molecule has 1 atom stereocenters. The molecule has 0 bridgehead atoms. The fourth-order valence-corrected chi connectivity index (χ4v) is 2.20. The molecule has 0 saturated heterocycles. The molecule has 0 aliphatic heterocycles. The van der Waals surface area contributed by atoms with Crippen molar-refractivity contribution in [1.29, 1.82) is 0 Å². The molecule has 0 fully saturated rings. The minimum atomic E-state index is 0.470. The van der Waals surface area contributed by atoms with Gasteiger partial charge in [-0.25, -0.2) is 0 Å². The van der Waals surface area contributed by atoms with E-state index in [1.54, 1.807) is 0 Å². The van der Waals surface area contributed by atoms with Crippen LogP contribution in [0.2, 0.25) is 0 Å². The minimum absolute atomic E-state index is 0.470. The lowest BCUT2D eigenvalue weighted by atomic mass is 9.88. The first-order chi connectivity index (χ1) is 7.45. The van der Waals surface area contributed by atoms with Gasteiger partial charge in [0.1, 0.15) is 0 Å². The van der Waals surface area contributed by atoms with Gasteiger partial charge in [0.05, 0.1) is 0 Å². The summed E-state index contributed by atoms with van der Waals surface area (Å²) in [7, 11) is 0. The van der Waals surface area contributed by atoms with Crippen molar-refractivity contribution in [3.63, 3.8) is 0 Å². The van der Waals surface area contributed by atoms with Gasteiger partial charge in [-0.1, -0.05) is 66.8 Å². The molecule has 0 aromatic heterocycles. The zero-order valence-corrected chi connectivity index (χ0v) is 8.43. The summed E-state index contributed by atoms with van der Waals surface area (Å²) in [6, 6.07) is 10.6. The minimum Gasteiger partial charge on any atom is -0.0726 e. The molecule has 0 radical (unpaired) electrons. The van der Waals surface area contributed by atoms with Crippen LogP contribution in [-0.4, -0.2) is 0 Å². The molecule has 0 spiro atoms. The highest BCUT2D eigenvalue weighted by atomic mass is 14.2. The average molecular weight is 192 g/mol. The SMILES string of the molecule is C1=CC2=CC=C(c3ccccc3)C2C=C1. The zero-order valence-electron chi connectivity index (χ0n) is 8.43. The summed E-state index contributed by atoms with van der Waals surface area (Å²) >= 11 is 0. The van der Waals surface area contributed by atoms with E-state index < -0.39 is 0 Å². The quantitative estimate of drug-likeness (QED) is 0.635. The van der Waals surface area contributed by atoms with Gasteiger partial charge in [-0.15, -0.1) is 0 Å². The van der Waals surface area contributed by atoms with Crippen LogP contribution in [0.3, 0.4) is 0 Å². The Morgan fingerprint density at radius 2 is 1.73 bits per heavy atom. The predicted octanol–water partition coefficient (Wildman–Crippen LogP) is 3.75. The van der Waals surface area contributed by atoms with Crippen LogP contribution in [0.4, 0.5) is 0 Å². The number of allylic oxidation sites excluding steroid dienone is 8. The standard InChI is InChI=1S/C15H12/c1-2-6-12(7-3-1)15-11-10-13-8-4-5-9-14(13)15/h1-11,14H. The maximum absolute atomic E-state index is 2.26. The van der Waals surface area contributed by atoms with E-state index in [1.807, 2.05) is 0 Å². The van der Waals surface area contributed by atoms with Crippen molar-refractivity contribution in [2.75, 3.05) is 0 Å². The lowest BCUT2D eigenvalue weighted by Crippen LogP contribution is -2.00. The van der Waals surface area contributed by atoms with E-state index in [0.717, 1.165) is 0 Å². The van der Waals surface area contributed by atoms with Crippen molar-refractivity contribution in [2.45, 2.75) is 0 Å². The lowest BCUT2D eigenvalue weighted by molar-refractivity contribution is 1.04. The van der Waals surface area contributed by atoms with Gasteiger partial charge in [-0.3, -0.25) is 0 Å². The van der Waals surface area contributed by atoms with Crippen LogP contribution in [0, 0.1) is 5.92 Å². The van der Waals surface area contributed by atoms with Crippen molar-refractivity contribution in [2.24, 2.45) is 5.92 Å². The summed E-state index contributed by atoms with van der Waals surface area (Å²) in [6.45, 7) is 0.